The van der Waals surface area contributed by atoms with Gasteiger partial charge in [-0.2, -0.15) is 0 Å². The fourth-order valence-electron chi connectivity index (χ4n) is 2.05. The summed E-state index contributed by atoms with van der Waals surface area (Å²) in [6.45, 7) is 12.6. The van der Waals surface area contributed by atoms with E-state index in [2.05, 4.69) is 44.1 Å². The number of hydrogen-bond donors (Lipinski definition) is 1. The van der Waals surface area contributed by atoms with Crippen molar-refractivity contribution < 1.29 is 4.74 Å². The van der Waals surface area contributed by atoms with E-state index in [4.69, 9.17) is 4.74 Å². The lowest BCUT2D eigenvalue weighted by Gasteiger charge is -2.15. The van der Waals surface area contributed by atoms with Crippen molar-refractivity contribution in [3.8, 4) is 5.88 Å². The topological polar surface area (TPSA) is 34.1 Å². The molecule has 0 fully saturated rings. The molecule has 0 amide bonds. The molecule has 1 N–H and O–H groups in total. The SMILES string of the molecule is CCCC(C)Oc1cc(CNCC(C)C)cc(C)n1. The summed E-state index contributed by atoms with van der Waals surface area (Å²) in [6, 6.07) is 4.16. The molecule has 3 heteroatoms. The monoisotopic (exact) mass is 264 g/mol. The molecule has 1 rings (SSSR count). The van der Waals surface area contributed by atoms with Crippen molar-refractivity contribution in [1.29, 1.82) is 0 Å². The molecule has 3 nitrogen and oxygen atoms in total. The van der Waals surface area contributed by atoms with E-state index in [1.165, 1.54) is 5.56 Å². The molecule has 0 saturated heterocycles. The van der Waals surface area contributed by atoms with Crippen molar-refractivity contribution in [3.05, 3.63) is 23.4 Å². The molecule has 1 aromatic rings. The van der Waals surface area contributed by atoms with Crippen molar-refractivity contribution in [1.82, 2.24) is 10.3 Å². The Morgan fingerprint density at radius 2 is 2.00 bits per heavy atom. The zero-order valence-electron chi connectivity index (χ0n) is 13.0. The number of nitrogens with zero attached hydrogens (tertiary/aromatic N) is 1. The summed E-state index contributed by atoms with van der Waals surface area (Å²) in [5.74, 6) is 1.42. The van der Waals surface area contributed by atoms with Crippen LogP contribution in [-0.4, -0.2) is 17.6 Å². The minimum absolute atomic E-state index is 0.232. The average molecular weight is 264 g/mol. The van der Waals surface area contributed by atoms with Crippen molar-refractivity contribution >= 4 is 0 Å². The maximum atomic E-state index is 5.86. The number of pyridine rings is 1. The molecule has 108 valence electrons. The van der Waals surface area contributed by atoms with E-state index >= 15 is 0 Å². The smallest absolute Gasteiger partial charge is 0.214 e. The molecule has 19 heavy (non-hydrogen) atoms. The Morgan fingerprint density at radius 1 is 1.26 bits per heavy atom. The van der Waals surface area contributed by atoms with E-state index < -0.39 is 0 Å². The van der Waals surface area contributed by atoms with Gasteiger partial charge < -0.3 is 10.1 Å². The Kier molecular flexibility index (Phi) is 6.85. The van der Waals surface area contributed by atoms with Crippen molar-refractivity contribution in [3.63, 3.8) is 0 Å². The number of rotatable bonds is 8. The van der Waals surface area contributed by atoms with Gasteiger partial charge in [-0.1, -0.05) is 27.2 Å². The van der Waals surface area contributed by atoms with Gasteiger partial charge >= 0.3 is 0 Å². The second-order valence-electron chi connectivity index (χ2n) is 5.70. The van der Waals surface area contributed by atoms with Gasteiger partial charge in [-0.05, 0) is 44.4 Å². The lowest BCUT2D eigenvalue weighted by Crippen LogP contribution is -2.19. The van der Waals surface area contributed by atoms with Gasteiger partial charge in [0.2, 0.25) is 5.88 Å². The summed E-state index contributed by atoms with van der Waals surface area (Å²) < 4.78 is 5.86. The zero-order valence-corrected chi connectivity index (χ0v) is 13.0. The number of aryl methyl sites for hydroxylation is 1. The first-order valence-corrected chi connectivity index (χ1v) is 7.36. The van der Waals surface area contributed by atoms with E-state index in [1.54, 1.807) is 0 Å². The largest absolute Gasteiger partial charge is 0.475 e. The minimum Gasteiger partial charge on any atom is -0.475 e. The molecule has 0 aliphatic rings. The number of ether oxygens (including phenoxy) is 1. The first kappa shape index (κ1) is 16.0. The van der Waals surface area contributed by atoms with Gasteiger partial charge in [-0.3, -0.25) is 0 Å². The molecule has 0 aliphatic carbocycles. The van der Waals surface area contributed by atoms with E-state index in [0.29, 0.717) is 5.92 Å². The quantitative estimate of drug-likeness (QED) is 0.777. The second-order valence-corrected chi connectivity index (χ2v) is 5.70. The molecular weight excluding hydrogens is 236 g/mol. The standard InChI is InChI=1S/C16H28N2O/c1-6-7-14(5)19-16-9-15(8-13(4)18-16)11-17-10-12(2)3/h8-9,12,14,17H,6-7,10-11H2,1-5H3. The van der Waals surface area contributed by atoms with Crippen LogP contribution >= 0.6 is 0 Å². The fourth-order valence-corrected chi connectivity index (χ4v) is 2.05. The van der Waals surface area contributed by atoms with Crippen LogP contribution in [0.2, 0.25) is 0 Å². The average Bonchev–Trinajstić information content (AvgIpc) is 2.27. The molecule has 0 aromatic carbocycles. The molecule has 0 spiro atoms. The Bertz CT molecular complexity index is 377. The molecule has 0 bridgehead atoms. The summed E-state index contributed by atoms with van der Waals surface area (Å²) in [7, 11) is 0. The summed E-state index contributed by atoms with van der Waals surface area (Å²) in [4.78, 5) is 4.45. The van der Waals surface area contributed by atoms with Crippen LogP contribution in [0.4, 0.5) is 0 Å². The van der Waals surface area contributed by atoms with Crippen LogP contribution < -0.4 is 10.1 Å². The fraction of sp³-hybridized carbons (Fsp3) is 0.688. The number of hydrogen-bond acceptors (Lipinski definition) is 3. The maximum Gasteiger partial charge on any atom is 0.214 e. The van der Waals surface area contributed by atoms with Crippen LogP contribution in [-0.2, 0) is 6.54 Å². The van der Waals surface area contributed by atoms with Gasteiger partial charge in [-0.25, -0.2) is 4.98 Å². The Balaban J connectivity index is 2.60. The Labute approximate surface area is 117 Å². The number of nitrogens with one attached hydrogen (secondary N) is 1. The van der Waals surface area contributed by atoms with Gasteiger partial charge in [0.15, 0.2) is 0 Å². The maximum absolute atomic E-state index is 5.86. The molecule has 1 heterocycles. The van der Waals surface area contributed by atoms with Gasteiger partial charge in [0.05, 0.1) is 6.10 Å². The van der Waals surface area contributed by atoms with Crippen molar-refractivity contribution in [2.75, 3.05) is 6.54 Å². The first-order chi connectivity index (χ1) is 9.01. The minimum atomic E-state index is 0.232. The van der Waals surface area contributed by atoms with E-state index in [1.807, 2.05) is 13.0 Å². The van der Waals surface area contributed by atoms with E-state index in [0.717, 1.165) is 37.5 Å². The third-order valence-corrected chi connectivity index (χ3v) is 2.89. The molecule has 1 unspecified atom stereocenters. The van der Waals surface area contributed by atoms with Gasteiger partial charge in [0.25, 0.3) is 0 Å². The third kappa shape index (κ3) is 6.58. The van der Waals surface area contributed by atoms with Gasteiger partial charge in [0.1, 0.15) is 0 Å². The molecular formula is C16H28N2O. The van der Waals surface area contributed by atoms with Gasteiger partial charge in [-0.15, -0.1) is 0 Å². The molecule has 0 aliphatic heterocycles. The highest BCUT2D eigenvalue weighted by atomic mass is 16.5. The lowest BCUT2D eigenvalue weighted by atomic mass is 10.2. The summed E-state index contributed by atoms with van der Waals surface area (Å²) >= 11 is 0. The van der Waals surface area contributed by atoms with Crippen LogP contribution in [0.5, 0.6) is 5.88 Å². The third-order valence-electron chi connectivity index (χ3n) is 2.89. The van der Waals surface area contributed by atoms with Crippen LogP contribution in [0.1, 0.15) is 51.8 Å². The molecule has 0 saturated carbocycles. The van der Waals surface area contributed by atoms with Crippen LogP contribution in [0.3, 0.4) is 0 Å². The highest BCUT2D eigenvalue weighted by Gasteiger charge is 2.06. The molecule has 0 radical (unpaired) electrons. The highest BCUT2D eigenvalue weighted by molar-refractivity contribution is 5.24. The summed E-state index contributed by atoms with van der Waals surface area (Å²) in [6.07, 6.45) is 2.43. The predicted molar refractivity (Wildman–Crippen MR) is 80.5 cm³/mol. The van der Waals surface area contributed by atoms with Crippen molar-refractivity contribution in [2.24, 2.45) is 5.92 Å². The van der Waals surface area contributed by atoms with E-state index in [-0.39, 0.29) is 6.10 Å². The summed E-state index contributed by atoms with van der Waals surface area (Å²) in [5, 5.41) is 3.45. The van der Waals surface area contributed by atoms with Gasteiger partial charge in [0, 0.05) is 18.3 Å². The summed E-state index contributed by atoms with van der Waals surface area (Å²) in [5.41, 5.74) is 2.26. The van der Waals surface area contributed by atoms with Crippen LogP contribution in [0.15, 0.2) is 12.1 Å². The Hall–Kier alpha value is -1.09. The first-order valence-electron chi connectivity index (χ1n) is 7.36. The normalized spacial score (nSPS) is 12.7. The molecule has 1 atom stereocenters. The van der Waals surface area contributed by atoms with Crippen molar-refractivity contribution in [2.45, 2.75) is 60.1 Å². The molecule has 1 aromatic heterocycles. The predicted octanol–water partition coefficient (Wildman–Crippen LogP) is 3.70. The Morgan fingerprint density at radius 3 is 2.63 bits per heavy atom. The highest BCUT2D eigenvalue weighted by Crippen LogP contribution is 2.15. The lowest BCUT2D eigenvalue weighted by molar-refractivity contribution is 0.201. The number of aromatic nitrogens is 1. The van der Waals surface area contributed by atoms with E-state index in [9.17, 15) is 0 Å². The zero-order chi connectivity index (χ0) is 14.3. The second kappa shape index (κ2) is 8.16. The van der Waals surface area contributed by atoms with Crippen LogP contribution in [0, 0.1) is 12.8 Å². The van der Waals surface area contributed by atoms with Crippen LogP contribution in [0.25, 0.3) is 0 Å².